The van der Waals surface area contributed by atoms with Crippen molar-refractivity contribution in [2.75, 3.05) is 45.0 Å². The largest absolute Gasteiger partial charge is 0.493 e. The minimum atomic E-state index is -0.0413. The Morgan fingerprint density at radius 1 is 1.29 bits per heavy atom. The molecule has 0 saturated heterocycles. The number of carbonyl (C=O) groups is 1. The van der Waals surface area contributed by atoms with E-state index in [0.717, 1.165) is 5.69 Å². The molecule has 1 rings (SSSR count). The minimum Gasteiger partial charge on any atom is -0.493 e. The fourth-order valence-electron chi connectivity index (χ4n) is 1.89. The number of ether oxygens (including phenoxy) is 2. The molecule has 0 atom stereocenters. The Labute approximate surface area is 126 Å². The highest BCUT2D eigenvalue weighted by Crippen LogP contribution is 2.36. The second kappa shape index (κ2) is 7.61. The van der Waals surface area contributed by atoms with Gasteiger partial charge in [0.05, 0.1) is 32.1 Å². The number of amides is 1. The van der Waals surface area contributed by atoms with Gasteiger partial charge in [0.2, 0.25) is 5.91 Å². The van der Waals surface area contributed by atoms with Gasteiger partial charge in [-0.3, -0.25) is 4.79 Å². The van der Waals surface area contributed by atoms with Crippen LogP contribution in [0.3, 0.4) is 0 Å². The summed E-state index contributed by atoms with van der Waals surface area (Å²) >= 11 is 0. The molecule has 1 aromatic rings. The zero-order valence-electron chi connectivity index (χ0n) is 13.4. The van der Waals surface area contributed by atoms with E-state index in [9.17, 15) is 4.79 Å². The normalized spacial score (nSPS) is 10.4. The SMILES string of the molecule is COc1cc(N)c(N(C)CC(=O)NCC(C)C)cc1OC. The molecule has 0 spiro atoms. The first-order valence-corrected chi connectivity index (χ1v) is 6.88. The predicted molar refractivity (Wildman–Crippen MR) is 85.1 cm³/mol. The number of benzene rings is 1. The monoisotopic (exact) mass is 295 g/mol. The average Bonchev–Trinajstić information content (AvgIpc) is 2.44. The van der Waals surface area contributed by atoms with Crippen LogP contribution in [0.4, 0.5) is 11.4 Å². The molecule has 0 saturated carbocycles. The molecule has 3 N–H and O–H groups in total. The summed E-state index contributed by atoms with van der Waals surface area (Å²) < 4.78 is 10.5. The van der Waals surface area contributed by atoms with Crippen LogP contribution in [0.15, 0.2) is 12.1 Å². The first-order chi connectivity index (χ1) is 9.88. The lowest BCUT2D eigenvalue weighted by Gasteiger charge is -2.22. The number of anilines is 2. The molecule has 0 aliphatic rings. The predicted octanol–water partition coefficient (Wildman–Crippen LogP) is 1.49. The number of nitrogen functional groups attached to an aromatic ring is 1. The van der Waals surface area contributed by atoms with Gasteiger partial charge in [0, 0.05) is 25.7 Å². The van der Waals surface area contributed by atoms with E-state index in [-0.39, 0.29) is 12.5 Å². The van der Waals surface area contributed by atoms with E-state index >= 15 is 0 Å². The van der Waals surface area contributed by atoms with Gasteiger partial charge >= 0.3 is 0 Å². The molecule has 6 nitrogen and oxygen atoms in total. The summed E-state index contributed by atoms with van der Waals surface area (Å²) in [5.74, 6) is 1.53. The maximum absolute atomic E-state index is 11.9. The summed E-state index contributed by atoms with van der Waals surface area (Å²) in [6.07, 6.45) is 0. The fourth-order valence-corrected chi connectivity index (χ4v) is 1.89. The van der Waals surface area contributed by atoms with E-state index in [2.05, 4.69) is 19.2 Å². The Morgan fingerprint density at radius 3 is 2.38 bits per heavy atom. The van der Waals surface area contributed by atoms with Crippen molar-refractivity contribution in [2.24, 2.45) is 5.92 Å². The number of carbonyl (C=O) groups excluding carboxylic acids is 1. The zero-order chi connectivity index (χ0) is 16.0. The van der Waals surface area contributed by atoms with Crippen LogP contribution in [0.25, 0.3) is 0 Å². The summed E-state index contributed by atoms with van der Waals surface area (Å²) in [5, 5.41) is 2.88. The van der Waals surface area contributed by atoms with Gasteiger partial charge in [0.25, 0.3) is 0 Å². The van der Waals surface area contributed by atoms with E-state index in [4.69, 9.17) is 15.2 Å². The third-order valence-electron chi connectivity index (χ3n) is 3.03. The van der Waals surface area contributed by atoms with Crippen molar-refractivity contribution in [1.29, 1.82) is 0 Å². The second-order valence-corrected chi connectivity index (χ2v) is 5.32. The Bertz CT molecular complexity index is 489. The number of methoxy groups -OCH3 is 2. The summed E-state index contributed by atoms with van der Waals surface area (Å²) in [4.78, 5) is 13.7. The summed E-state index contributed by atoms with van der Waals surface area (Å²) in [6.45, 7) is 4.99. The molecule has 0 fully saturated rings. The molecule has 1 aromatic carbocycles. The van der Waals surface area contributed by atoms with Crippen LogP contribution in [0, 0.1) is 5.92 Å². The van der Waals surface area contributed by atoms with Crippen LogP contribution in [0.1, 0.15) is 13.8 Å². The van der Waals surface area contributed by atoms with E-state index < -0.39 is 0 Å². The lowest BCUT2D eigenvalue weighted by molar-refractivity contribution is -0.119. The van der Waals surface area contributed by atoms with Crippen LogP contribution < -0.4 is 25.4 Å². The molecule has 6 heteroatoms. The number of nitrogens with one attached hydrogen (secondary N) is 1. The maximum Gasteiger partial charge on any atom is 0.239 e. The van der Waals surface area contributed by atoms with Crippen molar-refractivity contribution in [3.8, 4) is 11.5 Å². The van der Waals surface area contributed by atoms with Crippen molar-refractivity contribution in [2.45, 2.75) is 13.8 Å². The molecular weight excluding hydrogens is 270 g/mol. The van der Waals surface area contributed by atoms with Crippen LogP contribution >= 0.6 is 0 Å². The smallest absolute Gasteiger partial charge is 0.239 e. The van der Waals surface area contributed by atoms with Gasteiger partial charge in [-0.1, -0.05) is 13.8 Å². The molecule has 0 radical (unpaired) electrons. The molecule has 1 amide bonds. The van der Waals surface area contributed by atoms with Gasteiger partial charge in [-0.25, -0.2) is 0 Å². The lowest BCUT2D eigenvalue weighted by atomic mass is 10.2. The molecule has 0 aromatic heterocycles. The number of likely N-dealkylation sites (N-methyl/N-ethyl adjacent to an activating group) is 1. The summed E-state index contributed by atoms with van der Waals surface area (Å²) in [6, 6.07) is 3.46. The molecule has 0 aliphatic heterocycles. The first-order valence-electron chi connectivity index (χ1n) is 6.88. The zero-order valence-corrected chi connectivity index (χ0v) is 13.4. The number of rotatable bonds is 7. The van der Waals surface area contributed by atoms with E-state index in [1.54, 1.807) is 31.3 Å². The number of hydrogen-bond donors (Lipinski definition) is 2. The highest BCUT2D eigenvalue weighted by Gasteiger charge is 2.14. The molecule has 0 heterocycles. The molecule has 21 heavy (non-hydrogen) atoms. The van der Waals surface area contributed by atoms with Crippen LogP contribution in [0.5, 0.6) is 11.5 Å². The van der Waals surface area contributed by atoms with Crippen LogP contribution in [0.2, 0.25) is 0 Å². The van der Waals surface area contributed by atoms with Gasteiger partial charge in [-0.05, 0) is 5.92 Å². The highest BCUT2D eigenvalue weighted by atomic mass is 16.5. The van der Waals surface area contributed by atoms with Crippen molar-refractivity contribution in [1.82, 2.24) is 5.32 Å². The third kappa shape index (κ3) is 4.73. The molecule has 0 unspecified atom stereocenters. The highest BCUT2D eigenvalue weighted by molar-refractivity contribution is 5.83. The third-order valence-corrected chi connectivity index (χ3v) is 3.03. The van der Waals surface area contributed by atoms with Gasteiger partial charge in [0.15, 0.2) is 11.5 Å². The number of hydrogen-bond acceptors (Lipinski definition) is 5. The molecule has 118 valence electrons. The Morgan fingerprint density at radius 2 is 1.86 bits per heavy atom. The first kappa shape index (κ1) is 16.9. The molecular formula is C15H25N3O3. The lowest BCUT2D eigenvalue weighted by Crippen LogP contribution is -2.37. The van der Waals surface area contributed by atoms with E-state index in [0.29, 0.717) is 29.6 Å². The van der Waals surface area contributed by atoms with Gasteiger partial charge in [-0.2, -0.15) is 0 Å². The molecule has 0 aliphatic carbocycles. The van der Waals surface area contributed by atoms with Gasteiger partial charge in [-0.15, -0.1) is 0 Å². The summed E-state index contributed by atoms with van der Waals surface area (Å²) in [7, 11) is 4.93. The van der Waals surface area contributed by atoms with Crippen molar-refractivity contribution >= 4 is 17.3 Å². The van der Waals surface area contributed by atoms with Crippen LogP contribution in [-0.2, 0) is 4.79 Å². The van der Waals surface area contributed by atoms with Crippen molar-refractivity contribution < 1.29 is 14.3 Å². The van der Waals surface area contributed by atoms with Crippen molar-refractivity contribution in [3.05, 3.63) is 12.1 Å². The van der Waals surface area contributed by atoms with Gasteiger partial charge < -0.3 is 25.4 Å². The minimum absolute atomic E-state index is 0.0413. The topological polar surface area (TPSA) is 76.8 Å². The standard InChI is InChI=1S/C15H25N3O3/c1-10(2)8-17-15(19)9-18(3)12-7-14(21-5)13(20-4)6-11(12)16/h6-7,10H,8-9,16H2,1-5H3,(H,17,19). The van der Waals surface area contributed by atoms with E-state index in [1.165, 1.54) is 0 Å². The van der Waals surface area contributed by atoms with E-state index in [1.807, 2.05) is 7.05 Å². The fraction of sp³-hybridized carbons (Fsp3) is 0.533. The maximum atomic E-state index is 11.9. The molecule has 0 bridgehead atoms. The summed E-state index contributed by atoms with van der Waals surface area (Å²) in [5.41, 5.74) is 7.27. The number of nitrogens with zero attached hydrogens (tertiary/aromatic N) is 1. The van der Waals surface area contributed by atoms with Crippen LogP contribution in [-0.4, -0.2) is 40.3 Å². The second-order valence-electron chi connectivity index (χ2n) is 5.32. The Kier molecular flexibility index (Phi) is 6.14. The Hall–Kier alpha value is -2.11. The quantitative estimate of drug-likeness (QED) is 0.745. The van der Waals surface area contributed by atoms with Crippen molar-refractivity contribution in [3.63, 3.8) is 0 Å². The number of nitrogens with two attached hydrogens (primary N) is 1. The van der Waals surface area contributed by atoms with Gasteiger partial charge in [0.1, 0.15) is 0 Å². The Balaban J connectivity index is 2.82. The average molecular weight is 295 g/mol.